The van der Waals surface area contributed by atoms with Crippen molar-refractivity contribution in [1.29, 1.82) is 0 Å². The van der Waals surface area contributed by atoms with Crippen molar-refractivity contribution in [2.45, 2.75) is 24.6 Å². The van der Waals surface area contributed by atoms with Gasteiger partial charge in [0, 0.05) is 30.1 Å². The van der Waals surface area contributed by atoms with Crippen LogP contribution in [0.4, 0.5) is 0 Å². The van der Waals surface area contributed by atoms with Crippen molar-refractivity contribution in [3.05, 3.63) is 39.2 Å². The first kappa shape index (κ1) is 45.8. The first-order valence-corrected chi connectivity index (χ1v) is 20.9. The molecule has 0 aromatic heterocycles. The summed E-state index contributed by atoms with van der Waals surface area (Å²) >= 11 is 6.19. The average Bonchev–Trinajstić information content (AvgIpc) is 3.37. The molecule has 0 amide bonds. The Hall–Kier alpha value is -1.40. The molecule has 1 saturated heterocycles. The van der Waals surface area contributed by atoms with Gasteiger partial charge in [0.05, 0.1) is 57.9 Å². The Bertz CT molecular complexity index is 1560. The summed E-state index contributed by atoms with van der Waals surface area (Å²) in [4.78, 5) is 41.5. The molecule has 0 aliphatic carbocycles. The number of ether oxygens (including phenoxy) is 5. The molecule has 22 nitrogen and oxygen atoms in total. The summed E-state index contributed by atoms with van der Waals surface area (Å²) in [5.41, 5.74) is 8.40. The number of nitrogens with zero attached hydrogens (tertiary/aromatic N) is 3. The van der Waals surface area contributed by atoms with Gasteiger partial charge in [0.25, 0.3) is 0 Å². The largest absolute Gasteiger partial charge is 0.527 e. The Kier molecular flexibility index (Phi) is 20.4. The number of azide groups is 1. The Labute approximate surface area is 298 Å². The molecule has 7 unspecified atom stereocenters. The van der Waals surface area contributed by atoms with E-state index in [-0.39, 0.29) is 49.1 Å². The van der Waals surface area contributed by atoms with E-state index in [1.807, 2.05) is 0 Å². The number of halogens is 1. The standard InChI is InChI=1S/C23H37BClN3O19P4/c1-37-48(29,30)46-51(35,36)47-49(31,32)42-17-22-21(16-23(24)43-22)45-50(33,34)44-19-4-5-20(25)18(15-19)3-2-7-38-9-11-40-13-14-41-12-10-39-8-6-27-28-26/h4-5,15,21-23H,6-14,16-17,24H2,1H3,(H,29,30)(H,31,32)(H,33,34)(H,35,36). The summed E-state index contributed by atoms with van der Waals surface area (Å²) < 4.78 is 102. The van der Waals surface area contributed by atoms with E-state index in [1.54, 1.807) is 7.85 Å². The van der Waals surface area contributed by atoms with Gasteiger partial charge in [0.1, 0.15) is 32.4 Å². The fraction of sp³-hybridized carbons (Fsp3) is 0.652. The minimum absolute atomic E-state index is 0.00447. The van der Waals surface area contributed by atoms with Crippen LogP contribution < -0.4 is 4.52 Å². The van der Waals surface area contributed by atoms with Crippen LogP contribution in [-0.4, -0.2) is 119 Å². The molecule has 1 aliphatic heterocycles. The van der Waals surface area contributed by atoms with Gasteiger partial charge in [0.15, 0.2) is 0 Å². The van der Waals surface area contributed by atoms with Gasteiger partial charge in [-0.25, -0.2) is 18.3 Å². The molecule has 28 heteroatoms. The number of phosphoric ester groups is 3. The molecule has 1 aromatic rings. The predicted octanol–water partition coefficient (Wildman–Crippen LogP) is 2.68. The van der Waals surface area contributed by atoms with Gasteiger partial charge in [0.2, 0.25) is 0 Å². The van der Waals surface area contributed by atoms with Gasteiger partial charge in [-0.3, -0.25) is 18.5 Å². The van der Waals surface area contributed by atoms with Gasteiger partial charge >= 0.3 is 31.3 Å². The maximum atomic E-state index is 12.9. The normalized spacial score (nSPS) is 22.0. The molecule has 0 saturated carbocycles. The van der Waals surface area contributed by atoms with Crippen LogP contribution in [0.2, 0.25) is 5.02 Å². The highest BCUT2D eigenvalue weighted by Gasteiger charge is 2.44. The summed E-state index contributed by atoms with van der Waals surface area (Å²) in [6.45, 7) is 1.69. The minimum atomic E-state index is -5.64. The van der Waals surface area contributed by atoms with Crippen LogP contribution in [0, 0.1) is 11.8 Å². The third kappa shape index (κ3) is 20.0. The Morgan fingerprint density at radius 3 is 2.18 bits per heavy atom. The lowest BCUT2D eigenvalue weighted by atomic mass is 9.96. The van der Waals surface area contributed by atoms with Crippen LogP contribution in [-0.2, 0) is 64.1 Å². The van der Waals surface area contributed by atoms with Crippen molar-refractivity contribution in [3.63, 3.8) is 0 Å². The average molecular weight is 830 g/mol. The van der Waals surface area contributed by atoms with E-state index in [0.29, 0.717) is 40.1 Å². The van der Waals surface area contributed by atoms with Gasteiger partial charge in [-0.1, -0.05) is 28.6 Å². The molecule has 1 heterocycles. The fourth-order valence-corrected chi connectivity index (χ4v) is 8.14. The van der Waals surface area contributed by atoms with Crippen LogP contribution in [0.15, 0.2) is 23.3 Å². The molecule has 1 aromatic carbocycles. The van der Waals surface area contributed by atoms with Crippen molar-refractivity contribution in [2.75, 3.05) is 73.1 Å². The van der Waals surface area contributed by atoms with E-state index in [9.17, 15) is 32.9 Å². The van der Waals surface area contributed by atoms with Gasteiger partial charge in [-0.2, -0.15) is 8.62 Å². The van der Waals surface area contributed by atoms with E-state index >= 15 is 0 Å². The Morgan fingerprint density at radius 1 is 0.941 bits per heavy atom. The summed E-state index contributed by atoms with van der Waals surface area (Å²) in [5.74, 6) is 5.36. The van der Waals surface area contributed by atoms with E-state index in [4.69, 9.17) is 54.8 Å². The molecule has 7 atom stereocenters. The second-order valence-electron chi connectivity index (χ2n) is 9.76. The molecular weight excluding hydrogens is 792 g/mol. The number of hydrogen-bond acceptors (Lipinski definition) is 16. The van der Waals surface area contributed by atoms with Crippen molar-refractivity contribution < 1.29 is 88.2 Å². The molecule has 0 spiro atoms. The lowest BCUT2D eigenvalue weighted by Gasteiger charge is -2.23. The van der Waals surface area contributed by atoms with Crippen LogP contribution in [0.1, 0.15) is 12.0 Å². The lowest BCUT2D eigenvalue weighted by Crippen LogP contribution is -2.28. The lowest BCUT2D eigenvalue weighted by molar-refractivity contribution is -0.00353. The highest BCUT2D eigenvalue weighted by molar-refractivity contribution is 7.66. The smallest absolute Gasteiger partial charge is 0.404 e. The van der Waals surface area contributed by atoms with Gasteiger partial charge in [-0.05, 0) is 30.2 Å². The minimum Gasteiger partial charge on any atom is -0.404 e. The van der Waals surface area contributed by atoms with Gasteiger partial charge < -0.3 is 42.9 Å². The molecule has 51 heavy (non-hydrogen) atoms. The maximum Gasteiger partial charge on any atom is 0.527 e. The summed E-state index contributed by atoms with van der Waals surface area (Å²) in [5, 5.41) is 3.55. The zero-order chi connectivity index (χ0) is 38.0. The first-order chi connectivity index (χ1) is 24.0. The molecule has 2 rings (SSSR count). The third-order valence-electron chi connectivity index (χ3n) is 5.77. The molecule has 0 radical (unpaired) electrons. The second kappa shape index (κ2) is 22.7. The summed E-state index contributed by atoms with van der Waals surface area (Å²) in [7, 11) is -18.8. The molecule has 1 aliphatic rings. The zero-order valence-corrected chi connectivity index (χ0v) is 31.5. The maximum absolute atomic E-state index is 12.9. The Balaban J connectivity index is 1.79. The fourth-order valence-electron chi connectivity index (χ4n) is 3.73. The van der Waals surface area contributed by atoms with E-state index in [0.717, 1.165) is 0 Å². The topological polar surface area (TPSA) is 299 Å². The van der Waals surface area contributed by atoms with Gasteiger partial charge in [-0.15, -0.1) is 0 Å². The number of benzene rings is 1. The third-order valence-corrected chi connectivity index (χ3v) is 11.3. The molecule has 4 N–H and O–H groups in total. The molecule has 288 valence electrons. The monoisotopic (exact) mass is 829 g/mol. The van der Waals surface area contributed by atoms with Crippen LogP contribution in [0.5, 0.6) is 5.75 Å². The Morgan fingerprint density at radius 2 is 1.55 bits per heavy atom. The summed E-state index contributed by atoms with van der Waals surface area (Å²) in [6.07, 6.45) is -2.54. The van der Waals surface area contributed by atoms with Crippen LogP contribution in [0.25, 0.3) is 10.4 Å². The van der Waals surface area contributed by atoms with Crippen LogP contribution in [0.3, 0.4) is 0 Å². The second-order valence-corrected chi connectivity index (χ2v) is 16.2. The molecular formula is C23H37BClN3O19P4. The predicted molar refractivity (Wildman–Crippen MR) is 177 cm³/mol. The van der Waals surface area contributed by atoms with Crippen LogP contribution >= 0.6 is 42.9 Å². The van der Waals surface area contributed by atoms with Crippen molar-refractivity contribution >= 4 is 50.7 Å². The van der Waals surface area contributed by atoms with E-state index in [2.05, 4.69) is 39.5 Å². The molecule has 0 bridgehead atoms. The zero-order valence-electron chi connectivity index (χ0n) is 27.2. The number of phosphoric acid groups is 4. The number of hydrogen-bond donors (Lipinski definition) is 4. The molecule has 1 fully saturated rings. The van der Waals surface area contributed by atoms with Crippen molar-refractivity contribution in [3.8, 4) is 17.6 Å². The quantitative estimate of drug-likeness (QED) is 0.0209. The highest BCUT2D eigenvalue weighted by Crippen LogP contribution is 2.67. The van der Waals surface area contributed by atoms with Crippen molar-refractivity contribution in [1.82, 2.24) is 0 Å². The summed E-state index contributed by atoms with van der Waals surface area (Å²) in [6, 6.07) is 3.34. The SMILES string of the molecule is BC1CC(OP(=O)(O)Oc2ccc(Cl)c(C#CCOCCOCCOCCOCCN=[N+]=[N-])c2)C(COP(=O)(O)OP(=O)(O)OP(=O)(O)OC)O1. The highest BCUT2D eigenvalue weighted by atomic mass is 35.5. The van der Waals surface area contributed by atoms with Crippen molar-refractivity contribution in [2.24, 2.45) is 5.11 Å². The first-order valence-electron chi connectivity index (χ1n) is 14.5. The number of rotatable bonds is 25. The van der Waals surface area contributed by atoms with E-state index in [1.165, 1.54) is 18.2 Å². The van der Waals surface area contributed by atoms with E-state index < -0.39 is 56.1 Å².